The first kappa shape index (κ1) is 17.0. The number of carbonyl (C=O) groups excluding carboxylic acids is 2. The first-order valence-corrected chi connectivity index (χ1v) is 6.85. The summed E-state index contributed by atoms with van der Waals surface area (Å²) in [7, 11) is 0. The number of rotatable bonds is 5. The molecule has 3 amide bonds. The summed E-state index contributed by atoms with van der Waals surface area (Å²) in [5.74, 6) is -2.13. The van der Waals surface area contributed by atoms with Crippen LogP contribution >= 0.6 is 15.9 Å². The van der Waals surface area contributed by atoms with E-state index in [0.717, 1.165) is 15.6 Å². The van der Waals surface area contributed by atoms with E-state index >= 15 is 0 Å². The predicted octanol–water partition coefficient (Wildman–Crippen LogP) is 1.52. The van der Waals surface area contributed by atoms with E-state index in [0.29, 0.717) is 5.69 Å². The Labute approximate surface area is 130 Å². The van der Waals surface area contributed by atoms with Gasteiger partial charge in [-0.3, -0.25) is 4.79 Å². The molecule has 1 aromatic rings. The van der Waals surface area contributed by atoms with E-state index < -0.39 is 30.4 Å². The Morgan fingerprint density at radius 3 is 2.24 bits per heavy atom. The molecule has 0 spiro atoms. The average Bonchev–Trinajstić information content (AvgIpc) is 2.34. The molecule has 0 radical (unpaired) electrons. The van der Waals surface area contributed by atoms with Crippen LogP contribution in [0.15, 0.2) is 16.6 Å². The van der Waals surface area contributed by atoms with Gasteiger partial charge in [0, 0.05) is 10.2 Å². The van der Waals surface area contributed by atoms with Crippen molar-refractivity contribution in [3.63, 3.8) is 0 Å². The number of carboxylic acids is 1. The zero-order valence-electron chi connectivity index (χ0n) is 11.6. The zero-order chi connectivity index (χ0) is 16.2. The zero-order valence-corrected chi connectivity index (χ0v) is 13.2. The highest BCUT2D eigenvalue weighted by Gasteiger charge is 2.22. The van der Waals surface area contributed by atoms with Crippen molar-refractivity contribution in [3.8, 4) is 0 Å². The Kier molecular flexibility index (Phi) is 5.71. The van der Waals surface area contributed by atoms with E-state index in [-0.39, 0.29) is 0 Å². The predicted molar refractivity (Wildman–Crippen MR) is 81.0 cm³/mol. The third-order valence-corrected chi connectivity index (χ3v) is 3.95. The third-order valence-electron chi connectivity index (χ3n) is 2.70. The van der Waals surface area contributed by atoms with Crippen LogP contribution in [-0.2, 0) is 9.59 Å². The molecule has 0 unspecified atom stereocenters. The number of urea groups is 1. The Balaban J connectivity index is 2.76. The number of aryl methyl sites for hydroxylation is 2. The van der Waals surface area contributed by atoms with Crippen LogP contribution in [0.3, 0.4) is 0 Å². The molecule has 21 heavy (non-hydrogen) atoms. The van der Waals surface area contributed by atoms with E-state index in [9.17, 15) is 14.4 Å². The molecule has 1 rings (SSSR count). The van der Waals surface area contributed by atoms with Gasteiger partial charge in [0.25, 0.3) is 0 Å². The Hall–Kier alpha value is -2.09. The molecule has 0 aliphatic heterocycles. The van der Waals surface area contributed by atoms with Crippen LogP contribution in [0.1, 0.15) is 17.5 Å². The molecule has 0 saturated carbocycles. The maximum absolute atomic E-state index is 11.8. The minimum atomic E-state index is -1.36. The van der Waals surface area contributed by atoms with Gasteiger partial charge in [0.15, 0.2) is 0 Å². The number of carbonyl (C=O) groups is 3. The summed E-state index contributed by atoms with van der Waals surface area (Å²) >= 11 is 3.41. The lowest BCUT2D eigenvalue weighted by molar-refractivity contribution is -0.140. The van der Waals surface area contributed by atoms with Crippen molar-refractivity contribution in [2.24, 2.45) is 5.73 Å². The second-order valence-corrected chi connectivity index (χ2v) is 5.38. The van der Waals surface area contributed by atoms with Gasteiger partial charge in [-0.25, -0.2) is 9.59 Å². The number of primary amides is 1. The maximum Gasteiger partial charge on any atom is 0.326 e. The Bertz CT molecular complexity index is 566. The molecule has 5 N–H and O–H groups in total. The van der Waals surface area contributed by atoms with Crippen LogP contribution in [0, 0.1) is 13.8 Å². The number of nitrogens with one attached hydrogen (secondary N) is 2. The van der Waals surface area contributed by atoms with Gasteiger partial charge in [-0.1, -0.05) is 15.9 Å². The SMILES string of the molecule is Cc1cc(NC(=O)N[C@@H](CC(N)=O)C(=O)O)cc(C)c1Br. The standard InChI is InChI=1S/C13H16BrN3O4/c1-6-3-8(4-7(2)11(6)14)16-13(21)17-9(12(19)20)5-10(15)18/h3-4,9H,5H2,1-2H3,(H2,15,18)(H,19,20)(H2,16,17,21)/t9-/m0/s1. The molecule has 1 atom stereocenters. The molecule has 0 bridgehead atoms. The summed E-state index contributed by atoms with van der Waals surface area (Å²) in [4.78, 5) is 33.4. The average molecular weight is 358 g/mol. The van der Waals surface area contributed by atoms with Crippen molar-refractivity contribution in [2.45, 2.75) is 26.3 Å². The lowest BCUT2D eigenvalue weighted by atomic mass is 10.1. The molecular weight excluding hydrogens is 342 g/mol. The highest BCUT2D eigenvalue weighted by Crippen LogP contribution is 2.24. The third kappa shape index (κ3) is 5.07. The molecule has 0 aliphatic rings. The van der Waals surface area contributed by atoms with Gasteiger partial charge < -0.3 is 21.5 Å². The molecule has 0 heterocycles. The Morgan fingerprint density at radius 1 is 1.29 bits per heavy atom. The number of nitrogens with two attached hydrogens (primary N) is 1. The highest BCUT2D eigenvalue weighted by molar-refractivity contribution is 9.10. The minimum Gasteiger partial charge on any atom is -0.480 e. The smallest absolute Gasteiger partial charge is 0.326 e. The van der Waals surface area contributed by atoms with Crippen LogP contribution in [-0.4, -0.2) is 29.1 Å². The van der Waals surface area contributed by atoms with Crippen molar-refractivity contribution >= 4 is 39.5 Å². The van der Waals surface area contributed by atoms with Gasteiger partial charge in [-0.15, -0.1) is 0 Å². The lowest BCUT2D eigenvalue weighted by Crippen LogP contribution is -2.45. The van der Waals surface area contributed by atoms with Crippen LogP contribution < -0.4 is 16.4 Å². The van der Waals surface area contributed by atoms with Gasteiger partial charge in [0.1, 0.15) is 6.04 Å². The number of hydrogen-bond donors (Lipinski definition) is 4. The number of anilines is 1. The normalized spacial score (nSPS) is 11.6. The van der Waals surface area contributed by atoms with E-state index in [4.69, 9.17) is 10.8 Å². The first-order valence-electron chi connectivity index (χ1n) is 6.06. The minimum absolute atomic E-state index is 0.471. The summed E-state index contributed by atoms with van der Waals surface area (Å²) in [5, 5.41) is 13.6. The van der Waals surface area contributed by atoms with Crippen molar-refractivity contribution < 1.29 is 19.5 Å². The topological polar surface area (TPSA) is 122 Å². The summed E-state index contributed by atoms with van der Waals surface area (Å²) < 4.78 is 0.936. The van der Waals surface area contributed by atoms with Crippen LogP contribution in [0.5, 0.6) is 0 Å². The lowest BCUT2D eigenvalue weighted by Gasteiger charge is -2.14. The fourth-order valence-corrected chi connectivity index (χ4v) is 1.97. The van der Waals surface area contributed by atoms with Crippen molar-refractivity contribution in [1.82, 2.24) is 5.32 Å². The quantitative estimate of drug-likeness (QED) is 0.637. The first-order chi connectivity index (χ1) is 9.70. The monoisotopic (exact) mass is 357 g/mol. The van der Waals surface area contributed by atoms with Gasteiger partial charge >= 0.3 is 12.0 Å². The number of halogens is 1. The number of benzene rings is 1. The number of carboxylic acid groups (broad SMARTS) is 1. The van der Waals surface area contributed by atoms with Crippen molar-refractivity contribution in [3.05, 3.63) is 27.7 Å². The molecular formula is C13H16BrN3O4. The molecule has 114 valence electrons. The summed E-state index contributed by atoms with van der Waals surface area (Å²) in [6.07, 6.45) is -0.471. The Morgan fingerprint density at radius 2 is 1.81 bits per heavy atom. The second kappa shape index (κ2) is 7.07. The van der Waals surface area contributed by atoms with E-state index in [2.05, 4.69) is 26.6 Å². The number of amides is 3. The van der Waals surface area contributed by atoms with E-state index in [1.807, 2.05) is 13.8 Å². The molecule has 1 aromatic carbocycles. The van der Waals surface area contributed by atoms with E-state index in [1.165, 1.54) is 0 Å². The van der Waals surface area contributed by atoms with Crippen molar-refractivity contribution in [2.75, 3.05) is 5.32 Å². The molecule has 8 heteroatoms. The fourth-order valence-electron chi connectivity index (χ4n) is 1.74. The van der Waals surface area contributed by atoms with Crippen molar-refractivity contribution in [1.29, 1.82) is 0 Å². The maximum atomic E-state index is 11.8. The number of aliphatic carboxylic acids is 1. The molecule has 7 nitrogen and oxygen atoms in total. The largest absolute Gasteiger partial charge is 0.480 e. The van der Waals surface area contributed by atoms with Crippen LogP contribution in [0.25, 0.3) is 0 Å². The summed E-state index contributed by atoms with van der Waals surface area (Å²) in [6, 6.07) is 1.39. The molecule has 0 fully saturated rings. The number of hydrogen-bond acceptors (Lipinski definition) is 3. The molecule has 0 aromatic heterocycles. The molecule has 0 saturated heterocycles. The summed E-state index contributed by atoms with van der Waals surface area (Å²) in [6.45, 7) is 3.74. The highest BCUT2D eigenvalue weighted by atomic mass is 79.9. The van der Waals surface area contributed by atoms with Gasteiger partial charge in [0.05, 0.1) is 6.42 Å². The summed E-state index contributed by atoms with van der Waals surface area (Å²) in [5.41, 5.74) is 7.31. The van der Waals surface area contributed by atoms with Gasteiger partial charge in [0.2, 0.25) is 5.91 Å². The molecule has 0 aliphatic carbocycles. The van der Waals surface area contributed by atoms with Gasteiger partial charge in [-0.05, 0) is 37.1 Å². The van der Waals surface area contributed by atoms with Crippen LogP contribution in [0.4, 0.5) is 10.5 Å². The van der Waals surface area contributed by atoms with E-state index in [1.54, 1.807) is 12.1 Å². The van der Waals surface area contributed by atoms with Gasteiger partial charge in [-0.2, -0.15) is 0 Å². The van der Waals surface area contributed by atoms with Crippen LogP contribution in [0.2, 0.25) is 0 Å². The second-order valence-electron chi connectivity index (χ2n) is 4.58. The fraction of sp³-hybridized carbons (Fsp3) is 0.308.